The molecule has 0 spiro atoms. The highest BCUT2D eigenvalue weighted by molar-refractivity contribution is 5.68. The molecule has 1 aliphatic rings. The second-order valence-corrected chi connectivity index (χ2v) is 5.93. The maximum atomic E-state index is 11.6. The van der Waals surface area contributed by atoms with Crippen LogP contribution in [0, 0.1) is 11.3 Å². The van der Waals surface area contributed by atoms with Crippen LogP contribution in [0.3, 0.4) is 0 Å². The standard InChI is InChI=1S/C17H23NO9/c1-9(19)23-8-14-16(25-11(3)21)17(26-12(4)22)15(24-10(2)20)13(27-14)6-5-7-18/h13-17H,5-6,8H2,1-4H3/t13-,14-,15+,16+,17+/m0/s1. The molecule has 10 heteroatoms. The van der Waals surface area contributed by atoms with Crippen LogP contribution in [0.1, 0.15) is 40.5 Å². The molecule has 0 N–H and O–H groups in total. The maximum absolute atomic E-state index is 11.6. The molecule has 0 bridgehead atoms. The van der Waals surface area contributed by atoms with Crippen molar-refractivity contribution in [3.05, 3.63) is 0 Å². The molecule has 150 valence electrons. The van der Waals surface area contributed by atoms with Gasteiger partial charge in [0.1, 0.15) is 18.8 Å². The summed E-state index contributed by atoms with van der Waals surface area (Å²) >= 11 is 0. The molecule has 10 nitrogen and oxygen atoms in total. The number of ether oxygens (including phenoxy) is 5. The highest BCUT2D eigenvalue weighted by Gasteiger charge is 2.51. The zero-order chi connectivity index (χ0) is 20.6. The van der Waals surface area contributed by atoms with Gasteiger partial charge in [-0.15, -0.1) is 0 Å². The van der Waals surface area contributed by atoms with E-state index in [4.69, 9.17) is 28.9 Å². The van der Waals surface area contributed by atoms with E-state index in [1.165, 1.54) is 6.92 Å². The van der Waals surface area contributed by atoms with Gasteiger partial charge in [0, 0.05) is 34.1 Å². The van der Waals surface area contributed by atoms with Gasteiger partial charge in [-0.2, -0.15) is 5.26 Å². The topological polar surface area (TPSA) is 138 Å². The molecule has 1 heterocycles. The number of nitriles is 1. The second kappa shape index (κ2) is 10.5. The fourth-order valence-electron chi connectivity index (χ4n) is 2.76. The Morgan fingerprint density at radius 1 is 0.815 bits per heavy atom. The first-order chi connectivity index (χ1) is 12.6. The van der Waals surface area contributed by atoms with Crippen molar-refractivity contribution < 1.29 is 42.9 Å². The summed E-state index contributed by atoms with van der Waals surface area (Å²) < 4.78 is 26.5. The Bertz CT molecular complexity index is 612. The summed E-state index contributed by atoms with van der Waals surface area (Å²) in [7, 11) is 0. The first kappa shape index (κ1) is 22.4. The van der Waals surface area contributed by atoms with Crippen LogP contribution in [0.2, 0.25) is 0 Å². The van der Waals surface area contributed by atoms with Crippen LogP contribution in [0.5, 0.6) is 0 Å². The Labute approximate surface area is 156 Å². The van der Waals surface area contributed by atoms with Crippen molar-refractivity contribution in [1.82, 2.24) is 0 Å². The lowest BCUT2D eigenvalue weighted by molar-refractivity contribution is -0.253. The number of rotatable bonds is 7. The quantitative estimate of drug-likeness (QED) is 0.447. The van der Waals surface area contributed by atoms with Crippen molar-refractivity contribution in [3.63, 3.8) is 0 Å². The maximum Gasteiger partial charge on any atom is 0.303 e. The number of carbonyl (C=O) groups is 4. The molecule has 1 saturated heterocycles. The Morgan fingerprint density at radius 3 is 1.74 bits per heavy atom. The summed E-state index contributed by atoms with van der Waals surface area (Å²) in [6, 6.07) is 1.95. The summed E-state index contributed by atoms with van der Waals surface area (Å²) in [6.45, 7) is 4.38. The summed E-state index contributed by atoms with van der Waals surface area (Å²) in [6.07, 6.45) is -5.02. The van der Waals surface area contributed by atoms with Crippen molar-refractivity contribution in [2.45, 2.75) is 71.1 Å². The molecule has 0 amide bonds. The Kier molecular flexibility index (Phi) is 8.68. The number of hydrogen-bond acceptors (Lipinski definition) is 10. The molecule has 0 unspecified atom stereocenters. The van der Waals surface area contributed by atoms with Gasteiger partial charge in [-0.05, 0) is 6.42 Å². The van der Waals surface area contributed by atoms with Gasteiger partial charge in [0.2, 0.25) is 0 Å². The van der Waals surface area contributed by atoms with Crippen molar-refractivity contribution in [1.29, 1.82) is 5.26 Å². The van der Waals surface area contributed by atoms with Gasteiger partial charge in [0.25, 0.3) is 0 Å². The molecule has 0 aliphatic carbocycles. The molecular formula is C17H23NO9. The van der Waals surface area contributed by atoms with Crippen LogP contribution in [-0.4, -0.2) is 61.0 Å². The van der Waals surface area contributed by atoms with Gasteiger partial charge in [-0.25, -0.2) is 0 Å². The highest BCUT2D eigenvalue weighted by Crippen LogP contribution is 2.31. The molecule has 1 aliphatic heterocycles. The van der Waals surface area contributed by atoms with E-state index in [1.54, 1.807) is 0 Å². The van der Waals surface area contributed by atoms with E-state index in [9.17, 15) is 19.2 Å². The molecule has 1 fully saturated rings. The summed E-state index contributed by atoms with van der Waals surface area (Å²) in [5, 5.41) is 8.85. The van der Waals surface area contributed by atoms with Crippen LogP contribution in [0.4, 0.5) is 0 Å². The van der Waals surface area contributed by atoms with Gasteiger partial charge >= 0.3 is 23.9 Å². The molecule has 0 aromatic rings. The molecule has 0 saturated carbocycles. The van der Waals surface area contributed by atoms with Gasteiger partial charge in [0.05, 0.1) is 6.07 Å². The van der Waals surface area contributed by atoms with Crippen LogP contribution in [-0.2, 0) is 42.9 Å². The van der Waals surface area contributed by atoms with Gasteiger partial charge < -0.3 is 23.7 Å². The Morgan fingerprint density at radius 2 is 1.30 bits per heavy atom. The minimum absolute atomic E-state index is 0.0771. The monoisotopic (exact) mass is 385 g/mol. The lowest BCUT2D eigenvalue weighted by Gasteiger charge is -2.44. The van der Waals surface area contributed by atoms with E-state index < -0.39 is 54.4 Å². The normalized spacial score (nSPS) is 27.0. The van der Waals surface area contributed by atoms with E-state index in [2.05, 4.69) is 0 Å². The smallest absolute Gasteiger partial charge is 0.303 e. The molecule has 0 radical (unpaired) electrons. The fraction of sp³-hybridized carbons (Fsp3) is 0.706. The largest absolute Gasteiger partial charge is 0.463 e. The molecule has 27 heavy (non-hydrogen) atoms. The van der Waals surface area contributed by atoms with E-state index in [1.807, 2.05) is 6.07 Å². The Hall–Kier alpha value is -2.67. The predicted molar refractivity (Wildman–Crippen MR) is 86.8 cm³/mol. The molecule has 5 atom stereocenters. The van der Waals surface area contributed by atoms with Gasteiger partial charge in [0.15, 0.2) is 18.3 Å². The zero-order valence-corrected chi connectivity index (χ0v) is 15.6. The Balaban J connectivity index is 3.25. The van der Waals surface area contributed by atoms with Crippen LogP contribution in [0.15, 0.2) is 0 Å². The number of hydrogen-bond donors (Lipinski definition) is 0. The molecule has 1 rings (SSSR count). The van der Waals surface area contributed by atoms with Gasteiger partial charge in [-0.1, -0.05) is 0 Å². The lowest BCUT2D eigenvalue weighted by Crippen LogP contribution is -2.62. The molecule has 0 aromatic heterocycles. The van der Waals surface area contributed by atoms with E-state index in [0.29, 0.717) is 0 Å². The number of esters is 4. The third-order valence-corrected chi connectivity index (χ3v) is 3.63. The summed E-state index contributed by atoms with van der Waals surface area (Å²) in [4.78, 5) is 45.8. The highest BCUT2D eigenvalue weighted by atomic mass is 16.7. The lowest BCUT2D eigenvalue weighted by atomic mass is 9.92. The average molecular weight is 385 g/mol. The van der Waals surface area contributed by atoms with Crippen molar-refractivity contribution in [2.24, 2.45) is 0 Å². The van der Waals surface area contributed by atoms with Crippen LogP contribution >= 0.6 is 0 Å². The minimum atomic E-state index is -1.19. The predicted octanol–water partition coefficient (Wildman–Crippen LogP) is 0.416. The minimum Gasteiger partial charge on any atom is -0.463 e. The zero-order valence-electron chi connectivity index (χ0n) is 15.6. The van der Waals surface area contributed by atoms with Crippen molar-refractivity contribution in [3.8, 4) is 6.07 Å². The average Bonchev–Trinajstić information content (AvgIpc) is 2.54. The van der Waals surface area contributed by atoms with E-state index >= 15 is 0 Å². The number of carbonyl (C=O) groups excluding carboxylic acids is 4. The third kappa shape index (κ3) is 7.22. The second-order valence-electron chi connectivity index (χ2n) is 5.93. The van der Waals surface area contributed by atoms with Crippen LogP contribution in [0.25, 0.3) is 0 Å². The molecule has 0 aromatic carbocycles. The molecular weight excluding hydrogens is 362 g/mol. The van der Waals surface area contributed by atoms with Crippen LogP contribution < -0.4 is 0 Å². The first-order valence-corrected chi connectivity index (χ1v) is 8.33. The fourth-order valence-corrected chi connectivity index (χ4v) is 2.76. The van der Waals surface area contributed by atoms with Gasteiger partial charge in [-0.3, -0.25) is 19.2 Å². The third-order valence-electron chi connectivity index (χ3n) is 3.63. The summed E-state index contributed by atoms with van der Waals surface area (Å²) in [5.74, 6) is -2.63. The number of nitrogens with zero attached hydrogens (tertiary/aromatic N) is 1. The summed E-state index contributed by atoms with van der Waals surface area (Å²) in [5.41, 5.74) is 0. The van der Waals surface area contributed by atoms with Crippen molar-refractivity contribution >= 4 is 23.9 Å². The first-order valence-electron chi connectivity index (χ1n) is 8.33. The van der Waals surface area contributed by atoms with Crippen molar-refractivity contribution in [2.75, 3.05) is 6.61 Å². The SMILES string of the molecule is CC(=O)OC[C@@H]1O[C@@H](CCC#N)[C@@H](OC(C)=O)[C@@H](OC(C)=O)[C@@H]1OC(C)=O. The van der Waals surface area contributed by atoms with E-state index in [-0.39, 0.29) is 19.4 Å². The van der Waals surface area contributed by atoms with E-state index in [0.717, 1.165) is 20.8 Å².